The second kappa shape index (κ2) is 6.46. The maximum Gasteiger partial charge on any atom is 0.0575 e. The average molecular weight is 215 g/mol. The van der Waals surface area contributed by atoms with Crippen LogP contribution in [0.25, 0.3) is 0 Å². The highest BCUT2D eigenvalue weighted by Crippen LogP contribution is 2.25. The minimum absolute atomic E-state index is 0.471. The first-order chi connectivity index (χ1) is 7.17. The largest absolute Gasteiger partial charge is 0.381 e. The molecule has 1 saturated carbocycles. The van der Waals surface area contributed by atoms with Crippen molar-refractivity contribution in [2.45, 2.75) is 51.7 Å². The molecule has 90 valence electrons. The minimum atomic E-state index is 0.471. The molecule has 1 rings (SSSR count). The van der Waals surface area contributed by atoms with E-state index in [0.29, 0.717) is 18.1 Å². The topological polar surface area (TPSA) is 21.7 Å². The zero-order valence-electron chi connectivity index (χ0n) is 10.5. The molecule has 15 heavy (non-hydrogen) atoms. The van der Waals surface area contributed by atoms with Crippen molar-refractivity contribution in [2.75, 3.05) is 20.8 Å². The summed E-state index contributed by atoms with van der Waals surface area (Å²) in [4.78, 5) is 5.46. The summed E-state index contributed by atoms with van der Waals surface area (Å²) >= 11 is 0. The van der Waals surface area contributed by atoms with Crippen molar-refractivity contribution < 1.29 is 9.57 Å². The molecule has 3 nitrogen and oxygen atoms in total. The highest BCUT2D eigenvalue weighted by Gasteiger charge is 2.26. The fourth-order valence-corrected chi connectivity index (χ4v) is 2.30. The maximum absolute atomic E-state index is 5.46. The quantitative estimate of drug-likeness (QED) is 0.658. The number of ether oxygens (including phenoxy) is 1. The van der Waals surface area contributed by atoms with Gasteiger partial charge in [-0.05, 0) is 31.6 Å². The molecule has 0 aromatic carbocycles. The third kappa shape index (κ3) is 4.09. The Morgan fingerprint density at radius 1 is 1.13 bits per heavy atom. The van der Waals surface area contributed by atoms with Crippen LogP contribution in [0.2, 0.25) is 0 Å². The minimum Gasteiger partial charge on any atom is -0.381 e. The zero-order chi connectivity index (χ0) is 11.3. The molecule has 0 saturated heterocycles. The number of nitrogens with zero attached hydrogens (tertiary/aromatic N) is 1. The van der Waals surface area contributed by atoms with Crippen LogP contribution < -0.4 is 0 Å². The van der Waals surface area contributed by atoms with Crippen molar-refractivity contribution in [1.82, 2.24) is 5.06 Å². The number of methoxy groups -OCH3 is 1. The molecule has 0 aliphatic heterocycles. The number of hydroxylamine groups is 2. The Labute approximate surface area is 93.7 Å². The van der Waals surface area contributed by atoms with Crippen LogP contribution >= 0.6 is 0 Å². The Morgan fingerprint density at radius 2 is 1.73 bits per heavy atom. The lowest BCUT2D eigenvalue weighted by Crippen LogP contribution is -2.40. The van der Waals surface area contributed by atoms with Crippen LogP contribution in [0.15, 0.2) is 0 Å². The second-order valence-corrected chi connectivity index (χ2v) is 4.84. The first kappa shape index (κ1) is 12.9. The molecule has 0 aromatic rings. The molecule has 0 radical (unpaired) electrons. The summed E-state index contributed by atoms with van der Waals surface area (Å²) in [5, 5.41) is 2.15. The van der Waals surface area contributed by atoms with Gasteiger partial charge in [0.1, 0.15) is 0 Å². The summed E-state index contributed by atoms with van der Waals surface area (Å²) in [5.74, 6) is 0.657. The molecule has 1 aliphatic carbocycles. The fourth-order valence-electron chi connectivity index (χ4n) is 2.30. The molecule has 0 unspecified atom stereocenters. The van der Waals surface area contributed by atoms with Crippen LogP contribution in [0.5, 0.6) is 0 Å². The molecule has 0 spiro atoms. The van der Waals surface area contributed by atoms with Gasteiger partial charge in [0, 0.05) is 19.7 Å². The number of hydrogen-bond acceptors (Lipinski definition) is 3. The van der Waals surface area contributed by atoms with Crippen molar-refractivity contribution in [3.63, 3.8) is 0 Å². The molecule has 1 aliphatic rings. The van der Waals surface area contributed by atoms with Gasteiger partial charge in [0.15, 0.2) is 0 Å². The molecular weight excluding hydrogens is 190 g/mol. The summed E-state index contributed by atoms with van der Waals surface area (Å²) in [6.45, 7) is 5.48. The Kier molecular flexibility index (Phi) is 5.58. The molecule has 0 atom stereocenters. The highest BCUT2D eigenvalue weighted by molar-refractivity contribution is 4.77. The van der Waals surface area contributed by atoms with Gasteiger partial charge in [0.25, 0.3) is 0 Å². The van der Waals surface area contributed by atoms with E-state index in [-0.39, 0.29) is 0 Å². The van der Waals surface area contributed by atoms with E-state index in [1.54, 1.807) is 7.11 Å². The Balaban J connectivity index is 2.35. The Hall–Kier alpha value is -0.120. The van der Waals surface area contributed by atoms with Crippen LogP contribution in [0, 0.1) is 5.92 Å². The van der Waals surface area contributed by atoms with E-state index >= 15 is 0 Å². The number of hydrogen-bond donors (Lipinski definition) is 0. The smallest absolute Gasteiger partial charge is 0.0575 e. The first-order valence-electron chi connectivity index (χ1n) is 6.01. The molecule has 1 fully saturated rings. The lowest BCUT2D eigenvalue weighted by atomic mass is 9.92. The van der Waals surface area contributed by atoms with Crippen LogP contribution in [0.3, 0.4) is 0 Å². The van der Waals surface area contributed by atoms with Crippen molar-refractivity contribution in [2.24, 2.45) is 5.92 Å². The van der Waals surface area contributed by atoms with Gasteiger partial charge in [-0.2, -0.15) is 5.06 Å². The summed E-state index contributed by atoms with van der Waals surface area (Å²) in [6, 6.07) is 0.587. The number of rotatable bonds is 5. The van der Waals surface area contributed by atoms with E-state index < -0.39 is 0 Å². The molecule has 0 bridgehead atoms. The van der Waals surface area contributed by atoms with E-state index in [4.69, 9.17) is 9.57 Å². The molecular formula is C12H25NO2. The van der Waals surface area contributed by atoms with Gasteiger partial charge >= 0.3 is 0 Å². The summed E-state index contributed by atoms with van der Waals surface area (Å²) < 4.78 is 5.37. The molecule has 0 aromatic heterocycles. The predicted octanol–water partition coefficient (Wildman–Crippen LogP) is 2.46. The van der Waals surface area contributed by atoms with E-state index in [0.717, 1.165) is 6.54 Å². The molecule has 0 N–H and O–H groups in total. The van der Waals surface area contributed by atoms with Gasteiger partial charge < -0.3 is 9.57 Å². The molecule has 0 heterocycles. The third-order valence-electron chi connectivity index (χ3n) is 3.16. The summed E-state index contributed by atoms with van der Waals surface area (Å²) in [6.07, 6.45) is 5.19. The SMILES string of the molecule is COC1CCC(N(CC(C)C)OC)CC1. The van der Waals surface area contributed by atoms with E-state index in [2.05, 4.69) is 18.9 Å². The van der Waals surface area contributed by atoms with Gasteiger partial charge in [-0.25, -0.2) is 0 Å². The van der Waals surface area contributed by atoms with E-state index in [1.807, 2.05) is 7.11 Å². The van der Waals surface area contributed by atoms with Crippen LogP contribution in [0.4, 0.5) is 0 Å². The second-order valence-electron chi connectivity index (χ2n) is 4.84. The predicted molar refractivity (Wildman–Crippen MR) is 61.6 cm³/mol. The van der Waals surface area contributed by atoms with Crippen molar-refractivity contribution in [3.05, 3.63) is 0 Å². The van der Waals surface area contributed by atoms with Crippen molar-refractivity contribution in [1.29, 1.82) is 0 Å². The maximum atomic E-state index is 5.46. The van der Waals surface area contributed by atoms with Gasteiger partial charge in [0.2, 0.25) is 0 Å². The monoisotopic (exact) mass is 215 g/mol. The van der Waals surface area contributed by atoms with Gasteiger partial charge in [-0.3, -0.25) is 0 Å². The standard InChI is InChI=1S/C12H25NO2/c1-10(2)9-13(15-4)11-5-7-12(14-3)8-6-11/h10-12H,5-9H2,1-4H3. The Bertz CT molecular complexity index is 165. The normalized spacial score (nSPS) is 27.6. The van der Waals surface area contributed by atoms with Crippen molar-refractivity contribution in [3.8, 4) is 0 Å². The first-order valence-corrected chi connectivity index (χ1v) is 6.01. The van der Waals surface area contributed by atoms with Crippen LogP contribution in [-0.2, 0) is 9.57 Å². The lowest BCUT2D eigenvalue weighted by Gasteiger charge is -2.35. The fraction of sp³-hybridized carbons (Fsp3) is 1.00. The van der Waals surface area contributed by atoms with Crippen LogP contribution in [-0.4, -0.2) is 38.0 Å². The average Bonchev–Trinajstić information content (AvgIpc) is 2.26. The summed E-state index contributed by atoms with van der Waals surface area (Å²) in [5.41, 5.74) is 0. The molecule has 0 amide bonds. The zero-order valence-corrected chi connectivity index (χ0v) is 10.5. The molecule has 3 heteroatoms. The van der Waals surface area contributed by atoms with Gasteiger partial charge in [0.05, 0.1) is 13.2 Å². The lowest BCUT2D eigenvalue weighted by molar-refractivity contribution is -0.178. The van der Waals surface area contributed by atoms with Crippen molar-refractivity contribution >= 4 is 0 Å². The van der Waals surface area contributed by atoms with Crippen LogP contribution in [0.1, 0.15) is 39.5 Å². The van der Waals surface area contributed by atoms with Gasteiger partial charge in [-0.1, -0.05) is 13.8 Å². The third-order valence-corrected chi connectivity index (χ3v) is 3.16. The summed E-state index contributed by atoms with van der Waals surface area (Å²) in [7, 11) is 3.60. The van der Waals surface area contributed by atoms with Gasteiger partial charge in [-0.15, -0.1) is 0 Å². The van der Waals surface area contributed by atoms with E-state index in [1.165, 1.54) is 25.7 Å². The Morgan fingerprint density at radius 3 is 2.13 bits per heavy atom. The van der Waals surface area contributed by atoms with E-state index in [9.17, 15) is 0 Å². The highest BCUT2D eigenvalue weighted by atomic mass is 16.7.